The second kappa shape index (κ2) is 7.59. The molecule has 0 radical (unpaired) electrons. The predicted octanol–water partition coefficient (Wildman–Crippen LogP) is 3.36. The van der Waals surface area contributed by atoms with Crippen LogP contribution in [-0.4, -0.2) is 25.7 Å². The first-order valence-corrected chi connectivity index (χ1v) is 7.73. The van der Waals surface area contributed by atoms with Gasteiger partial charge in [-0.25, -0.2) is 9.59 Å². The molecule has 1 aliphatic heterocycles. The lowest BCUT2D eigenvalue weighted by molar-refractivity contribution is -0.136. The molecule has 0 aromatic heterocycles. The average molecular weight is 371 g/mol. The van der Waals surface area contributed by atoms with Crippen LogP contribution in [0.15, 0.2) is 36.1 Å². The lowest BCUT2D eigenvalue weighted by Gasteiger charge is -2.28. The number of hydrogen-bond donors (Lipinski definition) is 2. The second-order valence-electron chi connectivity index (χ2n) is 4.98. The van der Waals surface area contributed by atoms with Crippen LogP contribution in [0, 0.1) is 0 Å². The number of nitrogens with one attached hydrogen (secondary N) is 2. The van der Waals surface area contributed by atoms with E-state index in [4.69, 9.17) is 32.7 Å². The first kappa shape index (κ1) is 18.2. The second-order valence-corrected chi connectivity index (χ2v) is 5.79. The van der Waals surface area contributed by atoms with Gasteiger partial charge in [0.15, 0.2) is 5.75 Å². The van der Waals surface area contributed by atoms with E-state index >= 15 is 0 Å². The maximum absolute atomic E-state index is 12.1. The summed E-state index contributed by atoms with van der Waals surface area (Å²) in [6.45, 7) is 5.42. The van der Waals surface area contributed by atoms with Gasteiger partial charge >= 0.3 is 12.0 Å². The fourth-order valence-corrected chi connectivity index (χ4v) is 2.96. The summed E-state index contributed by atoms with van der Waals surface area (Å²) in [5.74, 6) is -0.258. The molecule has 0 aliphatic carbocycles. The normalized spacial score (nSPS) is 17.0. The Balaban J connectivity index is 2.48. The third kappa shape index (κ3) is 3.66. The predicted molar refractivity (Wildman–Crippen MR) is 91.3 cm³/mol. The number of esters is 1. The Kier molecular flexibility index (Phi) is 5.75. The van der Waals surface area contributed by atoms with Gasteiger partial charge in [-0.15, -0.1) is 0 Å². The molecule has 0 unspecified atom stereocenters. The molecule has 0 spiro atoms. The van der Waals surface area contributed by atoms with Gasteiger partial charge < -0.3 is 20.1 Å². The molecule has 128 valence electrons. The highest BCUT2D eigenvalue weighted by molar-refractivity contribution is 6.37. The van der Waals surface area contributed by atoms with Gasteiger partial charge in [0.25, 0.3) is 0 Å². The summed E-state index contributed by atoms with van der Waals surface area (Å²) < 4.78 is 10.2. The quantitative estimate of drug-likeness (QED) is 0.615. The molecule has 1 aromatic carbocycles. The van der Waals surface area contributed by atoms with Gasteiger partial charge in [-0.3, -0.25) is 0 Å². The first-order valence-electron chi connectivity index (χ1n) is 6.98. The highest BCUT2D eigenvalue weighted by Crippen LogP contribution is 2.38. The zero-order valence-corrected chi connectivity index (χ0v) is 14.6. The number of halogens is 2. The van der Waals surface area contributed by atoms with E-state index in [1.165, 1.54) is 7.11 Å². The SMILES string of the molecule is C=CCOc1c(Cl)cc([C@H]2NC(=O)NC(C)=C2C(=O)OC)cc1Cl. The lowest BCUT2D eigenvalue weighted by atomic mass is 9.95. The Bertz CT molecular complexity index is 708. The number of methoxy groups -OCH3 is 1. The number of hydrogen-bond acceptors (Lipinski definition) is 4. The van der Waals surface area contributed by atoms with Crippen LogP contribution in [-0.2, 0) is 9.53 Å². The van der Waals surface area contributed by atoms with Crippen molar-refractivity contribution in [3.63, 3.8) is 0 Å². The van der Waals surface area contributed by atoms with Crippen molar-refractivity contribution >= 4 is 35.2 Å². The van der Waals surface area contributed by atoms with E-state index in [0.717, 1.165) is 0 Å². The van der Waals surface area contributed by atoms with Gasteiger partial charge in [0.1, 0.15) is 6.61 Å². The zero-order valence-electron chi connectivity index (χ0n) is 13.1. The molecule has 6 nitrogen and oxygen atoms in total. The molecule has 1 aliphatic rings. The summed E-state index contributed by atoms with van der Waals surface area (Å²) in [6, 6.07) is 1.98. The molecule has 0 fully saturated rings. The monoisotopic (exact) mass is 370 g/mol. The summed E-state index contributed by atoms with van der Waals surface area (Å²) >= 11 is 12.4. The molecule has 0 bridgehead atoms. The molecule has 2 amide bonds. The van der Waals surface area contributed by atoms with Crippen LogP contribution in [0.25, 0.3) is 0 Å². The van der Waals surface area contributed by atoms with E-state index in [1.54, 1.807) is 25.1 Å². The van der Waals surface area contributed by atoms with Crippen molar-refractivity contribution in [1.82, 2.24) is 10.6 Å². The largest absolute Gasteiger partial charge is 0.486 e. The standard InChI is InChI=1S/C16H16Cl2N2O4/c1-4-5-24-14-10(17)6-9(7-11(14)18)13-12(15(21)23-3)8(2)19-16(22)20-13/h4,6-7,13H,1,5H2,2-3H3,(H2,19,20,22)/t13-/m1/s1. The van der Waals surface area contributed by atoms with Gasteiger partial charge in [0, 0.05) is 5.70 Å². The smallest absolute Gasteiger partial charge is 0.337 e. The van der Waals surface area contributed by atoms with Crippen LogP contribution in [0.3, 0.4) is 0 Å². The number of benzene rings is 1. The minimum Gasteiger partial charge on any atom is -0.486 e. The van der Waals surface area contributed by atoms with Crippen LogP contribution >= 0.6 is 23.2 Å². The summed E-state index contributed by atoms with van der Waals surface area (Å²) in [7, 11) is 1.27. The maximum atomic E-state index is 12.1. The van der Waals surface area contributed by atoms with E-state index in [9.17, 15) is 9.59 Å². The van der Waals surface area contributed by atoms with Gasteiger partial charge in [-0.1, -0.05) is 35.9 Å². The number of urea groups is 1. The zero-order chi connectivity index (χ0) is 17.9. The van der Waals surface area contributed by atoms with Crippen LogP contribution in [0.2, 0.25) is 10.0 Å². The molecule has 0 saturated heterocycles. The molecule has 2 N–H and O–H groups in total. The highest BCUT2D eigenvalue weighted by atomic mass is 35.5. The summed E-state index contributed by atoms with van der Waals surface area (Å²) in [4.78, 5) is 23.9. The molecular weight excluding hydrogens is 355 g/mol. The maximum Gasteiger partial charge on any atom is 0.337 e. The molecular formula is C16H16Cl2N2O4. The number of rotatable bonds is 5. The molecule has 1 atom stereocenters. The van der Waals surface area contributed by atoms with Crippen LogP contribution in [0.1, 0.15) is 18.5 Å². The van der Waals surface area contributed by atoms with E-state index in [1.807, 2.05) is 0 Å². The van der Waals surface area contributed by atoms with Crippen molar-refractivity contribution in [1.29, 1.82) is 0 Å². The van der Waals surface area contributed by atoms with Gasteiger partial charge in [0.05, 0.1) is 28.8 Å². The van der Waals surface area contributed by atoms with Gasteiger partial charge in [0.2, 0.25) is 0 Å². The number of carbonyl (C=O) groups excluding carboxylic acids is 2. The third-order valence-corrected chi connectivity index (χ3v) is 3.94. The fourth-order valence-electron chi connectivity index (χ4n) is 2.35. The molecule has 2 rings (SSSR count). The molecule has 0 saturated carbocycles. The summed E-state index contributed by atoms with van der Waals surface area (Å²) in [5, 5.41) is 5.72. The van der Waals surface area contributed by atoms with Gasteiger partial charge in [-0.05, 0) is 24.6 Å². The van der Waals surface area contributed by atoms with E-state index < -0.39 is 18.0 Å². The number of ether oxygens (including phenoxy) is 2. The van der Waals surface area contributed by atoms with Crippen molar-refractivity contribution in [2.24, 2.45) is 0 Å². The van der Waals surface area contributed by atoms with Gasteiger partial charge in [-0.2, -0.15) is 0 Å². The summed E-state index contributed by atoms with van der Waals surface area (Å²) in [5.41, 5.74) is 1.20. The Morgan fingerprint density at radius 2 is 2.00 bits per heavy atom. The number of allylic oxidation sites excluding steroid dienone is 1. The number of carbonyl (C=O) groups is 2. The average Bonchev–Trinajstić information content (AvgIpc) is 2.52. The Morgan fingerprint density at radius 3 is 2.54 bits per heavy atom. The minimum atomic E-state index is -0.741. The molecule has 1 aromatic rings. The van der Waals surface area contributed by atoms with Crippen LogP contribution in [0.4, 0.5) is 4.79 Å². The molecule has 24 heavy (non-hydrogen) atoms. The van der Waals surface area contributed by atoms with Crippen molar-refractivity contribution in [2.45, 2.75) is 13.0 Å². The first-order chi connectivity index (χ1) is 11.4. The Hall–Kier alpha value is -2.18. The van der Waals surface area contributed by atoms with Crippen LogP contribution < -0.4 is 15.4 Å². The van der Waals surface area contributed by atoms with Crippen molar-refractivity contribution in [2.75, 3.05) is 13.7 Å². The summed E-state index contributed by atoms with van der Waals surface area (Å²) in [6.07, 6.45) is 1.56. The molecule has 8 heteroatoms. The van der Waals surface area contributed by atoms with Crippen LogP contribution in [0.5, 0.6) is 5.75 Å². The van der Waals surface area contributed by atoms with E-state index in [0.29, 0.717) is 17.0 Å². The van der Waals surface area contributed by atoms with E-state index in [2.05, 4.69) is 17.2 Å². The Morgan fingerprint density at radius 1 is 1.38 bits per heavy atom. The Labute approximate surface area is 149 Å². The lowest BCUT2D eigenvalue weighted by Crippen LogP contribution is -2.45. The highest BCUT2D eigenvalue weighted by Gasteiger charge is 2.32. The van der Waals surface area contributed by atoms with Crippen molar-refractivity contribution in [3.05, 3.63) is 51.7 Å². The molecule has 1 heterocycles. The van der Waals surface area contributed by atoms with Crippen molar-refractivity contribution < 1.29 is 19.1 Å². The van der Waals surface area contributed by atoms with E-state index in [-0.39, 0.29) is 22.2 Å². The number of amides is 2. The van der Waals surface area contributed by atoms with Crippen molar-refractivity contribution in [3.8, 4) is 5.75 Å². The minimum absolute atomic E-state index is 0.245. The fraction of sp³-hybridized carbons (Fsp3) is 0.250. The third-order valence-electron chi connectivity index (χ3n) is 3.37. The topological polar surface area (TPSA) is 76.7 Å².